The molecular formula is C15H17BrO3. The molecule has 0 aliphatic heterocycles. The summed E-state index contributed by atoms with van der Waals surface area (Å²) in [6.07, 6.45) is 3.62. The maximum absolute atomic E-state index is 12.1. The van der Waals surface area contributed by atoms with E-state index in [1.165, 1.54) is 0 Å². The van der Waals surface area contributed by atoms with E-state index in [0.29, 0.717) is 25.2 Å². The molecule has 0 unspecified atom stereocenters. The molecule has 0 aromatic heterocycles. The summed E-state index contributed by atoms with van der Waals surface area (Å²) in [5.41, 5.74) is 0.731. The van der Waals surface area contributed by atoms with Crippen molar-refractivity contribution in [1.29, 1.82) is 0 Å². The summed E-state index contributed by atoms with van der Waals surface area (Å²) in [7, 11) is 0. The van der Waals surface area contributed by atoms with E-state index in [-0.39, 0.29) is 11.7 Å². The Bertz CT molecular complexity index is 476. The number of ketones is 1. The molecule has 1 aromatic carbocycles. The molecule has 0 bridgehead atoms. The predicted molar refractivity (Wildman–Crippen MR) is 76.2 cm³/mol. The Morgan fingerprint density at radius 2 is 1.89 bits per heavy atom. The van der Waals surface area contributed by atoms with Gasteiger partial charge in [-0.1, -0.05) is 28.1 Å². The highest BCUT2D eigenvalue weighted by atomic mass is 79.9. The van der Waals surface area contributed by atoms with Crippen molar-refractivity contribution in [2.45, 2.75) is 32.1 Å². The quantitative estimate of drug-likeness (QED) is 0.854. The molecule has 1 N–H and O–H groups in total. The standard InChI is InChI=1S/C15H17BrO3/c16-13-3-1-2-12(9-13)14(17)8-10-4-6-11(7-5-10)15(18)19/h1-3,9-11H,4-8H2,(H,18,19). The highest BCUT2D eigenvalue weighted by molar-refractivity contribution is 9.10. The Balaban J connectivity index is 1.89. The lowest BCUT2D eigenvalue weighted by Gasteiger charge is -2.25. The molecule has 0 amide bonds. The third-order valence-electron chi connectivity index (χ3n) is 3.82. The van der Waals surface area contributed by atoms with E-state index in [1.54, 1.807) is 0 Å². The van der Waals surface area contributed by atoms with Gasteiger partial charge in [-0.25, -0.2) is 0 Å². The van der Waals surface area contributed by atoms with Crippen molar-refractivity contribution in [3.63, 3.8) is 0 Å². The van der Waals surface area contributed by atoms with Crippen molar-refractivity contribution in [3.05, 3.63) is 34.3 Å². The summed E-state index contributed by atoms with van der Waals surface area (Å²) < 4.78 is 0.910. The summed E-state index contributed by atoms with van der Waals surface area (Å²) in [6, 6.07) is 7.43. The number of hydrogen-bond donors (Lipinski definition) is 1. The summed E-state index contributed by atoms with van der Waals surface area (Å²) in [5, 5.41) is 8.94. The molecule has 0 atom stereocenters. The van der Waals surface area contributed by atoms with Crippen LogP contribution in [-0.2, 0) is 4.79 Å². The van der Waals surface area contributed by atoms with E-state index < -0.39 is 5.97 Å². The van der Waals surface area contributed by atoms with Gasteiger partial charge in [0.2, 0.25) is 0 Å². The van der Waals surface area contributed by atoms with E-state index >= 15 is 0 Å². The van der Waals surface area contributed by atoms with Crippen LogP contribution in [0.4, 0.5) is 0 Å². The number of halogens is 1. The average molecular weight is 325 g/mol. The van der Waals surface area contributed by atoms with Crippen molar-refractivity contribution < 1.29 is 14.7 Å². The lowest BCUT2D eigenvalue weighted by Crippen LogP contribution is -2.22. The van der Waals surface area contributed by atoms with E-state index in [9.17, 15) is 9.59 Å². The van der Waals surface area contributed by atoms with E-state index in [2.05, 4.69) is 15.9 Å². The largest absolute Gasteiger partial charge is 0.481 e. The third kappa shape index (κ3) is 3.90. The fourth-order valence-corrected chi connectivity index (χ4v) is 3.05. The number of benzene rings is 1. The van der Waals surface area contributed by atoms with Gasteiger partial charge in [-0.15, -0.1) is 0 Å². The molecule has 1 saturated carbocycles. The van der Waals surface area contributed by atoms with Gasteiger partial charge in [-0.3, -0.25) is 9.59 Å². The van der Waals surface area contributed by atoms with Crippen molar-refractivity contribution in [2.24, 2.45) is 11.8 Å². The van der Waals surface area contributed by atoms with Crippen LogP contribution in [0, 0.1) is 11.8 Å². The molecule has 4 heteroatoms. The van der Waals surface area contributed by atoms with Gasteiger partial charge < -0.3 is 5.11 Å². The molecule has 1 aliphatic rings. The molecule has 19 heavy (non-hydrogen) atoms. The van der Waals surface area contributed by atoms with Crippen LogP contribution in [0.15, 0.2) is 28.7 Å². The van der Waals surface area contributed by atoms with Crippen LogP contribution in [0.2, 0.25) is 0 Å². The van der Waals surface area contributed by atoms with Crippen LogP contribution < -0.4 is 0 Å². The number of aliphatic carboxylic acids is 1. The Labute approximate surface area is 121 Å². The predicted octanol–water partition coefficient (Wildman–Crippen LogP) is 3.91. The second kappa shape index (κ2) is 6.33. The smallest absolute Gasteiger partial charge is 0.306 e. The Morgan fingerprint density at radius 1 is 1.21 bits per heavy atom. The number of carboxylic acid groups (broad SMARTS) is 1. The molecule has 0 spiro atoms. The SMILES string of the molecule is O=C(CC1CCC(C(=O)O)CC1)c1cccc(Br)c1. The third-order valence-corrected chi connectivity index (χ3v) is 4.31. The number of rotatable bonds is 4. The van der Waals surface area contributed by atoms with Gasteiger partial charge in [0.25, 0.3) is 0 Å². The maximum Gasteiger partial charge on any atom is 0.306 e. The minimum atomic E-state index is -0.697. The topological polar surface area (TPSA) is 54.4 Å². The normalized spacial score (nSPS) is 23.0. The zero-order valence-corrected chi connectivity index (χ0v) is 12.2. The lowest BCUT2D eigenvalue weighted by molar-refractivity contribution is -0.143. The number of Topliss-reactive ketones (excluding diaryl/α,β-unsaturated/α-hetero) is 1. The number of carboxylic acids is 1. The Hall–Kier alpha value is -1.16. The first-order valence-corrected chi connectivity index (χ1v) is 7.37. The van der Waals surface area contributed by atoms with E-state index in [0.717, 1.165) is 22.9 Å². The fourth-order valence-electron chi connectivity index (χ4n) is 2.66. The van der Waals surface area contributed by atoms with Crippen LogP contribution in [0.25, 0.3) is 0 Å². The van der Waals surface area contributed by atoms with Gasteiger partial charge in [0.05, 0.1) is 5.92 Å². The molecular weight excluding hydrogens is 308 g/mol. The van der Waals surface area contributed by atoms with Crippen molar-refractivity contribution in [1.82, 2.24) is 0 Å². The molecule has 0 radical (unpaired) electrons. The molecule has 2 rings (SSSR count). The van der Waals surface area contributed by atoms with Crippen molar-refractivity contribution >= 4 is 27.7 Å². The van der Waals surface area contributed by atoms with Gasteiger partial charge in [0.15, 0.2) is 5.78 Å². The first-order chi connectivity index (χ1) is 9.06. The van der Waals surface area contributed by atoms with Crippen LogP contribution in [-0.4, -0.2) is 16.9 Å². The zero-order chi connectivity index (χ0) is 13.8. The first kappa shape index (κ1) is 14.3. The van der Waals surface area contributed by atoms with E-state index in [4.69, 9.17) is 5.11 Å². The number of carbonyl (C=O) groups excluding carboxylic acids is 1. The van der Waals surface area contributed by atoms with Gasteiger partial charge in [-0.2, -0.15) is 0 Å². The lowest BCUT2D eigenvalue weighted by atomic mass is 9.79. The summed E-state index contributed by atoms with van der Waals surface area (Å²) >= 11 is 3.36. The van der Waals surface area contributed by atoms with Gasteiger partial charge in [0.1, 0.15) is 0 Å². The molecule has 0 saturated heterocycles. The highest BCUT2D eigenvalue weighted by Crippen LogP contribution is 2.31. The van der Waals surface area contributed by atoms with Crippen LogP contribution >= 0.6 is 15.9 Å². The second-order valence-corrected chi connectivity index (χ2v) is 6.11. The number of hydrogen-bond acceptors (Lipinski definition) is 2. The van der Waals surface area contributed by atoms with Crippen LogP contribution in [0.3, 0.4) is 0 Å². The Morgan fingerprint density at radius 3 is 2.47 bits per heavy atom. The van der Waals surface area contributed by atoms with Gasteiger partial charge in [-0.05, 0) is 43.7 Å². The molecule has 3 nitrogen and oxygen atoms in total. The summed E-state index contributed by atoms with van der Waals surface area (Å²) in [4.78, 5) is 23.0. The molecule has 102 valence electrons. The molecule has 0 heterocycles. The summed E-state index contributed by atoms with van der Waals surface area (Å²) in [6.45, 7) is 0. The molecule has 1 aromatic rings. The van der Waals surface area contributed by atoms with Crippen molar-refractivity contribution in [3.8, 4) is 0 Å². The first-order valence-electron chi connectivity index (χ1n) is 6.58. The van der Waals surface area contributed by atoms with Gasteiger partial charge in [0, 0.05) is 16.5 Å². The van der Waals surface area contributed by atoms with Crippen LogP contribution in [0.5, 0.6) is 0 Å². The van der Waals surface area contributed by atoms with Crippen LogP contribution in [0.1, 0.15) is 42.5 Å². The molecule has 1 aliphatic carbocycles. The fraction of sp³-hybridized carbons (Fsp3) is 0.467. The van der Waals surface area contributed by atoms with Gasteiger partial charge >= 0.3 is 5.97 Å². The van der Waals surface area contributed by atoms with E-state index in [1.807, 2.05) is 24.3 Å². The average Bonchev–Trinajstić information content (AvgIpc) is 2.39. The second-order valence-electron chi connectivity index (χ2n) is 5.19. The maximum atomic E-state index is 12.1. The Kier molecular flexibility index (Phi) is 4.75. The number of carbonyl (C=O) groups is 2. The monoisotopic (exact) mass is 324 g/mol. The van der Waals surface area contributed by atoms with Crippen molar-refractivity contribution in [2.75, 3.05) is 0 Å². The molecule has 1 fully saturated rings. The summed E-state index contributed by atoms with van der Waals surface area (Å²) in [5.74, 6) is -0.420. The highest BCUT2D eigenvalue weighted by Gasteiger charge is 2.27. The minimum Gasteiger partial charge on any atom is -0.481 e. The zero-order valence-electron chi connectivity index (χ0n) is 10.6. The minimum absolute atomic E-state index is 0.153.